The molecule has 2 amide bonds. The molecule has 2 aromatic rings. The highest BCUT2D eigenvalue weighted by Crippen LogP contribution is 2.15. The van der Waals surface area contributed by atoms with Crippen molar-refractivity contribution in [3.63, 3.8) is 0 Å². The van der Waals surface area contributed by atoms with Crippen molar-refractivity contribution in [3.05, 3.63) is 60.4 Å². The van der Waals surface area contributed by atoms with E-state index in [1.165, 1.54) is 17.1 Å². The Kier molecular flexibility index (Phi) is 3.55. The summed E-state index contributed by atoms with van der Waals surface area (Å²) in [5.41, 5.74) is 2.60. The highest BCUT2D eigenvalue weighted by Gasteiger charge is 2.22. The molecule has 5 heteroatoms. The highest BCUT2D eigenvalue weighted by molar-refractivity contribution is 6.12. The van der Waals surface area contributed by atoms with Crippen molar-refractivity contribution in [2.75, 3.05) is 6.54 Å². The number of carbonyl (C=O) groups is 2. The van der Waals surface area contributed by atoms with E-state index in [2.05, 4.69) is 9.97 Å². The Balaban J connectivity index is 1.72. The molecule has 104 valence electrons. The third-order valence-corrected chi connectivity index (χ3v) is 3.28. The van der Waals surface area contributed by atoms with Crippen molar-refractivity contribution >= 4 is 11.8 Å². The van der Waals surface area contributed by atoms with Crippen LogP contribution in [0.4, 0.5) is 0 Å². The first-order chi connectivity index (χ1) is 10.2. The SMILES string of the molecule is O=C1C=CC(=O)N1CCc1ccnc(-c2ccccn2)c1. The van der Waals surface area contributed by atoms with Crippen LogP contribution in [0, 0.1) is 0 Å². The predicted octanol–water partition coefficient (Wildman–Crippen LogP) is 1.61. The first kappa shape index (κ1) is 13.2. The summed E-state index contributed by atoms with van der Waals surface area (Å²) in [4.78, 5) is 32.8. The Morgan fingerprint density at radius 3 is 2.38 bits per heavy atom. The average molecular weight is 279 g/mol. The highest BCUT2D eigenvalue weighted by atomic mass is 16.2. The smallest absolute Gasteiger partial charge is 0.253 e. The van der Waals surface area contributed by atoms with Gasteiger partial charge in [0, 0.05) is 31.1 Å². The van der Waals surface area contributed by atoms with Crippen LogP contribution < -0.4 is 0 Å². The maximum Gasteiger partial charge on any atom is 0.253 e. The van der Waals surface area contributed by atoms with Gasteiger partial charge in [-0.1, -0.05) is 6.07 Å². The van der Waals surface area contributed by atoms with Crippen LogP contribution in [-0.4, -0.2) is 33.2 Å². The Hall–Kier alpha value is -2.82. The summed E-state index contributed by atoms with van der Waals surface area (Å²) < 4.78 is 0. The van der Waals surface area contributed by atoms with E-state index < -0.39 is 0 Å². The Bertz CT molecular complexity index is 692. The van der Waals surface area contributed by atoms with E-state index >= 15 is 0 Å². The minimum absolute atomic E-state index is 0.251. The Morgan fingerprint density at radius 1 is 0.905 bits per heavy atom. The number of imide groups is 1. The first-order valence-electron chi connectivity index (χ1n) is 6.64. The van der Waals surface area contributed by atoms with Crippen LogP contribution in [0.2, 0.25) is 0 Å². The van der Waals surface area contributed by atoms with Gasteiger partial charge in [0.2, 0.25) is 0 Å². The number of amides is 2. The van der Waals surface area contributed by atoms with Gasteiger partial charge in [-0.05, 0) is 36.2 Å². The molecule has 0 atom stereocenters. The van der Waals surface area contributed by atoms with Gasteiger partial charge in [-0.3, -0.25) is 24.5 Å². The van der Waals surface area contributed by atoms with Crippen LogP contribution in [0.5, 0.6) is 0 Å². The number of hydrogen-bond donors (Lipinski definition) is 0. The number of carbonyl (C=O) groups excluding carboxylic acids is 2. The lowest BCUT2D eigenvalue weighted by atomic mass is 10.1. The van der Waals surface area contributed by atoms with Crippen molar-refractivity contribution in [2.24, 2.45) is 0 Å². The summed E-state index contributed by atoms with van der Waals surface area (Å²) in [7, 11) is 0. The van der Waals surface area contributed by atoms with E-state index in [0.29, 0.717) is 13.0 Å². The van der Waals surface area contributed by atoms with Crippen molar-refractivity contribution in [1.29, 1.82) is 0 Å². The maximum absolute atomic E-state index is 11.5. The molecule has 0 aromatic carbocycles. The minimum atomic E-state index is -0.251. The molecule has 1 aliphatic heterocycles. The molecule has 1 aliphatic rings. The lowest BCUT2D eigenvalue weighted by Crippen LogP contribution is -2.31. The third-order valence-electron chi connectivity index (χ3n) is 3.28. The fourth-order valence-electron chi connectivity index (χ4n) is 2.18. The summed E-state index contributed by atoms with van der Waals surface area (Å²) in [6.07, 6.45) is 6.63. The quantitative estimate of drug-likeness (QED) is 0.798. The van der Waals surface area contributed by atoms with Gasteiger partial charge in [-0.2, -0.15) is 0 Å². The molecule has 3 heterocycles. The van der Waals surface area contributed by atoms with Gasteiger partial charge in [0.15, 0.2) is 0 Å². The predicted molar refractivity (Wildman–Crippen MR) is 77.0 cm³/mol. The van der Waals surface area contributed by atoms with Crippen molar-refractivity contribution in [1.82, 2.24) is 14.9 Å². The molecule has 0 aliphatic carbocycles. The van der Waals surface area contributed by atoms with Crippen molar-refractivity contribution in [3.8, 4) is 11.4 Å². The fourth-order valence-corrected chi connectivity index (χ4v) is 2.18. The maximum atomic E-state index is 11.5. The second kappa shape index (κ2) is 5.66. The molecule has 0 fully saturated rings. The van der Waals surface area contributed by atoms with Crippen LogP contribution in [0.3, 0.4) is 0 Å². The van der Waals surface area contributed by atoms with Crippen molar-refractivity contribution in [2.45, 2.75) is 6.42 Å². The average Bonchev–Trinajstić information content (AvgIpc) is 2.85. The molecule has 0 unspecified atom stereocenters. The number of nitrogens with zero attached hydrogens (tertiary/aromatic N) is 3. The van der Waals surface area contributed by atoms with Gasteiger partial charge >= 0.3 is 0 Å². The number of aromatic nitrogens is 2. The standard InChI is InChI=1S/C16H13N3O2/c20-15-4-5-16(21)19(15)10-7-12-6-9-18-14(11-12)13-3-1-2-8-17-13/h1-6,8-9,11H,7,10H2. The molecule has 0 bridgehead atoms. The number of pyridine rings is 2. The van der Waals surface area contributed by atoms with E-state index in [4.69, 9.17) is 0 Å². The largest absolute Gasteiger partial charge is 0.275 e. The van der Waals surface area contributed by atoms with Crippen molar-refractivity contribution < 1.29 is 9.59 Å². The zero-order chi connectivity index (χ0) is 14.7. The van der Waals surface area contributed by atoms with E-state index in [0.717, 1.165) is 17.0 Å². The molecular weight excluding hydrogens is 266 g/mol. The van der Waals surface area contributed by atoms with Crippen LogP contribution in [0.1, 0.15) is 5.56 Å². The lowest BCUT2D eigenvalue weighted by Gasteiger charge is -2.13. The molecule has 2 aromatic heterocycles. The monoisotopic (exact) mass is 279 g/mol. The Labute approximate surface area is 122 Å². The topological polar surface area (TPSA) is 63.2 Å². The summed E-state index contributed by atoms with van der Waals surface area (Å²) in [5, 5.41) is 0. The van der Waals surface area contributed by atoms with E-state index in [-0.39, 0.29) is 11.8 Å². The number of hydrogen-bond acceptors (Lipinski definition) is 4. The van der Waals surface area contributed by atoms with Gasteiger partial charge in [0.25, 0.3) is 11.8 Å². The second-order valence-corrected chi connectivity index (χ2v) is 4.68. The molecule has 0 radical (unpaired) electrons. The minimum Gasteiger partial charge on any atom is -0.275 e. The second-order valence-electron chi connectivity index (χ2n) is 4.68. The summed E-state index contributed by atoms with van der Waals surface area (Å²) in [5.74, 6) is -0.502. The summed E-state index contributed by atoms with van der Waals surface area (Å²) in [6, 6.07) is 9.46. The van der Waals surface area contributed by atoms with Crippen LogP contribution >= 0.6 is 0 Å². The van der Waals surface area contributed by atoms with Gasteiger partial charge in [-0.15, -0.1) is 0 Å². The molecular formula is C16H13N3O2. The van der Waals surface area contributed by atoms with E-state index in [1.54, 1.807) is 12.4 Å². The Morgan fingerprint density at radius 2 is 1.67 bits per heavy atom. The molecule has 0 saturated heterocycles. The van der Waals surface area contributed by atoms with Gasteiger partial charge in [-0.25, -0.2) is 0 Å². The molecule has 3 rings (SSSR count). The first-order valence-corrected chi connectivity index (χ1v) is 6.64. The normalized spacial score (nSPS) is 14.0. The molecule has 0 N–H and O–H groups in total. The fraction of sp³-hybridized carbons (Fsp3) is 0.125. The van der Waals surface area contributed by atoms with Crippen LogP contribution in [0.15, 0.2) is 54.9 Å². The van der Waals surface area contributed by atoms with Gasteiger partial charge < -0.3 is 0 Å². The molecule has 0 spiro atoms. The van der Waals surface area contributed by atoms with E-state index in [1.807, 2.05) is 30.3 Å². The molecule has 0 saturated carbocycles. The van der Waals surface area contributed by atoms with Gasteiger partial charge in [0.1, 0.15) is 0 Å². The van der Waals surface area contributed by atoms with E-state index in [9.17, 15) is 9.59 Å². The van der Waals surface area contributed by atoms with Crippen LogP contribution in [0.25, 0.3) is 11.4 Å². The lowest BCUT2D eigenvalue weighted by molar-refractivity contribution is -0.136. The summed E-state index contributed by atoms with van der Waals surface area (Å²) in [6.45, 7) is 0.371. The number of rotatable bonds is 4. The zero-order valence-corrected chi connectivity index (χ0v) is 11.3. The molecule has 5 nitrogen and oxygen atoms in total. The third kappa shape index (κ3) is 2.86. The zero-order valence-electron chi connectivity index (χ0n) is 11.3. The van der Waals surface area contributed by atoms with Gasteiger partial charge in [0.05, 0.1) is 11.4 Å². The molecule has 21 heavy (non-hydrogen) atoms. The van der Waals surface area contributed by atoms with Crippen LogP contribution in [-0.2, 0) is 16.0 Å². The summed E-state index contributed by atoms with van der Waals surface area (Å²) >= 11 is 0.